The zero-order valence-corrected chi connectivity index (χ0v) is 15.1. The van der Waals surface area contributed by atoms with Crippen molar-refractivity contribution < 1.29 is 0 Å². The van der Waals surface area contributed by atoms with Crippen LogP contribution in [0.15, 0.2) is 48.5 Å². The van der Waals surface area contributed by atoms with E-state index in [0.29, 0.717) is 6.04 Å². The van der Waals surface area contributed by atoms with Crippen LogP contribution in [0, 0.1) is 0 Å². The Hall–Kier alpha value is -2.42. The maximum absolute atomic E-state index is 4.78. The maximum atomic E-state index is 4.78. The summed E-state index contributed by atoms with van der Waals surface area (Å²) in [5.41, 5.74) is 3.46. The van der Waals surface area contributed by atoms with E-state index in [4.69, 9.17) is 9.97 Å². The second kappa shape index (κ2) is 6.23. The van der Waals surface area contributed by atoms with Crippen LogP contribution in [0.1, 0.15) is 40.2 Å². The molecule has 0 atom stereocenters. The summed E-state index contributed by atoms with van der Waals surface area (Å²) in [5, 5.41) is 4.50. The van der Waals surface area contributed by atoms with Crippen molar-refractivity contribution in [2.75, 3.05) is 5.32 Å². The van der Waals surface area contributed by atoms with Gasteiger partial charge in [-0.05, 0) is 37.0 Å². The molecule has 3 heteroatoms. The average Bonchev–Trinajstić information content (AvgIpc) is 2.53. The van der Waals surface area contributed by atoms with Gasteiger partial charge >= 0.3 is 0 Å². The van der Waals surface area contributed by atoms with Gasteiger partial charge in [-0.2, -0.15) is 0 Å². The lowest BCUT2D eigenvalue weighted by molar-refractivity contribution is 0.590. The van der Waals surface area contributed by atoms with Gasteiger partial charge in [0.15, 0.2) is 5.82 Å². The van der Waals surface area contributed by atoms with Crippen LogP contribution in [-0.2, 0) is 5.41 Å². The second-order valence-corrected chi connectivity index (χ2v) is 7.54. The Labute approximate surface area is 144 Å². The highest BCUT2D eigenvalue weighted by Gasteiger charge is 2.14. The highest BCUT2D eigenvalue weighted by atomic mass is 15.0. The number of nitrogens with one attached hydrogen (secondary N) is 1. The first-order valence-electron chi connectivity index (χ1n) is 8.49. The van der Waals surface area contributed by atoms with Gasteiger partial charge in [-0.15, -0.1) is 0 Å². The summed E-state index contributed by atoms with van der Waals surface area (Å²) < 4.78 is 0. The minimum absolute atomic E-state index is 0.146. The zero-order valence-electron chi connectivity index (χ0n) is 15.1. The van der Waals surface area contributed by atoms with Crippen molar-refractivity contribution in [3.63, 3.8) is 0 Å². The van der Waals surface area contributed by atoms with E-state index >= 15 is 0 Å². The van der Waals surface area contributed by atoms with Crippen LogP contribution in [-0.4, -0.2) is 16.0 Å². The molecule has 3 rings (SSSR count). The predicted octanol–water partition coefficient (Wildman–Crippen LogP) is 5.41. The maximum Gasteiger partial charge on any atom is 0.162 e. The molecule has 24 heavy (non-hydrogen) atoms. The van der Waals surface area contributed by atoms with Crippen molar-refractivity contribution in [1.82, 2.24) is 9.97 Å². The third-order valence-corrected chi connectivity index (χ3v) is 4.04. The molecule has 1 aromatic heterocycles. The molecule has 0 saturated heterocycles. The van der Waals surface area contributed by atoms with Gasteiger partial charge in [0, 0.05) is 17.0 Å². The molecule has 0 aliphatic rings. The summed E-state index contributed by atoms with van der Waals surface area (Å²) in [6.45, 7) is 10.9. The first kappa shape index (κ1) is 16.4. The lowest BCUT2D eigenvalue weighted by Crippen LogP contribution is -2.12. The molecule has 1 heterocycles. The molecule has 3 nitrogen and oxygen atoms in total. The molecule has 124 valence electrons. The Kier molecular flexibility index (Phi) is 4.27. The Balaban J connectivity index is 2.09. The minimum Gasteiger partial charge on any atom is -0.367 e. The van der Waals surface area contributed by atoms with Gasteiger partial charge in [0.1, 0.15) is 5.82 Å². The lowest BCUT2D eigenvalue weighted by atomic mass is 9.87. The predicted molar refractivity (Wildman–Crippen MR) is 102 cm³/mol. The molecule has 0 aliphatic heterocycles. The third-order valence-electron chi connectivity index (χ3n) is 4.04. The molecule has 0 saturated carbocycles. The van der Waals surface area contributed by atoms with Gasteiger partial charge in [0.25, 0.3) is 0 Å². The summed E-state index contributed by atoms with van der Waals surface area (Å²) in [5.74, 6) is 1.66. The fourth-order valence-corrected chi connectivity index (χ4v) is 2.71. The summed E-state index contributed by atoms with van der Waals surface area (Å²) in [4.78, 5) is 9.54. The van der Waals surface area contributed by atoms with Crippen molar-refractivity contribution in [3.8, 4) is 11.4 Å². The molecule has 3 aromatic rings. The van der Waals surface area contributed by atoms with Gasteiger partial charge in [0.2, 0.25) is 0 Å². The molecule has 1 N–H and O–H groups in total. The van der Waals surface area contributed by atoms with Crippen molar-refractivity contribution >= 4 is 16.7 Å². The van der Waals surface area contributed by atoms with E-state index in [-0.39, 0.29) is 5.41 Å². The van der Waals surface area contributed by atoms with Gasteiger partial charge in [-0.25, -0.2) is 9.97 Å². The number of hydrogen-bond donors (Lipinski definition) is 1. The number of aromatic nitrogens is 2. The molecule has 0 aliphatic carbocycles. The fourth-order valence-electron chi connectivity index (χ4n) is 2.71. The van der Waals surface area contributed by atoms with E-state index in [0.717, 1.165) is 28.1 Å². The first-order chi connectivity index (χ1) is 11.3. The zero-order chi connectivity index (χ0) is 17.3. The van der Waals surface area contributed by atoms with E-state index in [1.165, 1.54) is 5.56 Å². The average molecular weight is 319 g/mol. The molecule has 0 amide bonds. The van der Waals surface area contributed by atoms with Crippen LogP contribution in [0.5, 0.6) is 0 Å². The Morgan fingerprint density at radius 3 is 2.17 bits per heavy atom. The van der Waals surface area contributed by atoms with Crippen LogP contribution in [0.4, 0.5) is 5.82 Å². The second-order valence-electron chi connectivity index (χ2n) is 7.54. The highest BCUT2D eigenvalue weighted by Crippen LogP contribution is 2.28. The van der Waals surface area contributed by atoms with Crippen molar-refractivity contribution in [3.05, 3.63) is 54.1 Å². The van der Waals surface area contributed by atoms with Crippen molar-refractivity contribution in [2.24, 2.45) is 0 Å². The largest absolute Gasteiger partial charge is 0.367 e. The molecule has 0 fully saturated rings. The molecule has 0 radical (unpaired) electrons. The number of nitrogens with zero attached hydrogens (tertiary/aromatic N) is 2. The Morgan fingerprint density at radius 2 is 1.54 bits per heavy atom. The van der Waals surface area contributed by atoms with E-state index in [9.17, 15) is 0 Å². The highest BCUT2D eigenvalue weighted by molar-refractivity contribution is 5.90. The SMILES string of the molecule is CC(C)Nc1nc(-c2ccc(C(C)(C)C)cc2)nc2ccccc12. The lowest BCUT2D eigenvalue weighted by Gasteiger charge is -2.19. The summed E-state index contributed by atoms with van der Waals surface area (Å²) >= 11 is 0. The number of anilines is 1. The molecule has 0 spiro atoms. The fraction of sp³-hybridized carbons (Fsp3) is 0.333. The minimum atomic E-state index is 0.146. The van der Waals surface area contributed by atoms with E-state index < -0.39 is 0 Å². The summed E-state index contributed by atoms with van der Waals surface area (Å²) in [6.07, 6.45) is 0. The Morgan fingerprint density at radius 1 is 0.875 bits per heavy atom. The molecule has 0 bridgehead atoms. The summed E-state index contributed by atoms with van der Waals surface area (Å²) in [7, 11) is 0. The molecular formula is C21H25N3. The van der Waals surface area contributed by atoms with E-state index in [2.05, 4.69) is 70.3 Å². The third kappa shape index (κ3) is 3.40. The van der Waals surface area contributed by atoms with Crippen molar-refractivity contribution in [2.45, 2.75) is 46.1 Å². The monoisotopic (exact) mass is 319 g/mol. The number of para-hydroxylation sites is 1. The number of fused-ring (bicyclic) bond motifs is 1. The molecule has 0 unspecified atom stereocenters. The number of hydrogen-bond acceptors (Lipinski definition) is 3. The van der Waals surface area contributed by atoms with Crippen LogP contribution in [0.25, 0.3) is 22.3 Å². The van der Waals surface area contributed by atoms with Crippen LogP contribution in [0.2, 0.25) is 0 Å². The smallest absolute Gasteiger partial charge is 0.162 e. The van der Waals surface area contributed by atoms with Gasteiger partial charge in [-0.1, -0.05) is 57.2 Å². The molecule has 2 aromatic carbocycles. The normalized spacial score (nSPS) is 11.9. The number of benzene rings is 2. The quantitative estimate of drug-likeness (QED) is 0.701. The Bertz CT molecular complexity index is 843. The molecular weight excluding hydrogens is 294 g/mol. The van der Waals surface area contributed by atoms with E-state index in [1.807, 2.05) is 18.2 Å². The van der Waals surface area contributed by atoms with Crippen LogP contribution >= 0.6 is 0 Å². The van der Waals surface area contributed by atoms with E-state index in [1.54, 1.807) is 0 Å². The first-order valence-corrected chi connectivity index (χ1v) is 8.49. The van der Waals surface area contributed by atoms with Crippen LogP contribution < -0.4 is 5.32 Å². The van der Waals surface area contributed by atoms with Crippen LogP contribution in [0.3, 0.4) is 0 Å². The standard InChI is InChI=1S/C21H25N3/c1-14(2)22-20-17-8-6-7-9-18(17)23-19(24-20)15-10-12-16(13-11-15)21(3,4)5/h6-14H,1-5H3,(H,22,23,24). The van der Waals surface area contributed by atoms with Gasteiger partial charge < -0.3 is 5.32 Å². The summed E-state index contributed by atoms with van der Waals surface area (Å²) in [6, 6.07) is 17.0. The van der Waals surface area contributed by atoms with Crippen molar-refractivity contribution in [1.29, 1.82) is 0 Å². The number of rotatable bonds is 3. The van der Waals surface area contributed by atoms with Gasteiger partial charge in [-0.3, -0.25) is 0 Å². The topological polar surface area (TPSA) is 37.8 Å². The van der Waals surface area contributed by atoms with Gasteiger partial charge in [0.05, 0.1) is 5.52 Å².